The maximum atomic E-state index is 12.3. The van der Waals surface area contributed by atoms with Crippen molar-refractivity contribution in [1.82, 2.24) is 15.1 Å². The van der Waals surface area contributed by atoms with Crippen LogP contribution >= 0.6 is 0 Å². The van der Waals surface area contributed by atoms with Gasteiger partial charge in [0.1, 0.15) is 11.1 Å². The van der Waals surface area contributed by atoms with Crippen LogP contribution in [-0.2, 0) is 4.74 Å². The highest BCUT2D eigenvalue weighted by Gasteiger charge is 2.38. The number of carbonyl (C=O) groups excluding carboxylic acids is 2. The third kappa shape index (κ3) is 3.18. The molecule has 2 aromatic rings. The predicted molar refractivity (Wildman–Crippen MR) is 93.9 cm³/mol. The molecule has 7 heteroatoms. The topological polar surface area (TPSA) is 97.0 Å². The number of amides is 1. The zero-order chi connectivity index (χ0) is 18.7. The van der Waals surface area contributed by atoms with Crippen LogP contribution in [0.4, 0.5) is 0 Å². The first kappa shape index (κ1) is 17.7. The van der Waals surface area contributed by atoms with Gasteiger partial charge in [-0.15, -0.1) is 0 Å². The second-order valence-corrected chi connectivity index (χ2v) is 6.32. The lowest BCUT2D eigenvalue weighted by Crippen LogP contribution is -2.52. The van der Waals surface area contributed by atoms with Gasteiger partial charge in [-0.1, -0.05) is 0 Å². The summed E-state index contributed by atoms with van der Waals surface area (Å²) in [6.07, 6.45) is 3.81. The Bertz CT molecular complexity index is 873. The molecule has 1 aromatic heterocycles. The molecule has 1 aromatic carbocycles. The number of esters is 1. The van der Waals surface area contributed by atoms with E-state index in [2.05, 4.69) is 16.5 Å². The van der Waals surface area contributed by atoms with E-state index in [9.17, 15) is 14.9 Å². The van der Waals surface area contributed by atoms with Crippen LogP contribution in [0.5, 0.6) is 0 Å². The van der Waals surface area contributed by atoms with Gasteiger partial charge in [-0.25, -0.2) is 9.48 Å². The average molecular weight is 352 g/mol. The van der Waals surface area contributed by atoms with Gasteiger partial charge < -0.3 is 10.1 Å². The number of nitrogens with one attached hydrogen (secondary N) is 1. The summed E-state index contributed by atoms with van der Waals surface area (Å²) < 4.78 is 6.63. The predicted octanol–water partition coefficient (Wildman–Crippen LogP) is 2.53. The summed E-state index contributed by atoms with van der Waals surface area (Å²) >= 11 is 0. The maximum absolute atomic E-state index is 12.3. The van der Waals surface area contributed by atoms with E-state index in [1.54, 1.807) is 42.8 Å². The Morgan fingerprint density at radius 3 is 2.58 bits per heavy atom. The van der Waals surface area contributed by atoms with Crippen molar-refractivity contribution >= 4 is 11.9 Å². The molecule has 1 N–H and O–H groups in total. The molecular weight excluding hydrogens is 332 g/mol. The highest BCUT2D eigenvalue weighted by Crippen LogP contribution is 2.31. The molecule has 134 valence electrons. The number of hydrogen-bond acceptors (Lipinski definition) is 5. The number of aromatic nitrogens is 2. The van der Waals surface area contributed by atoms with E-state index in [4.69, 9.17) is 4.74 Å². The number of ether oxygens (including phenoxy) is 1. The van der Waals surface area contributed by atoms with Crippen LogP contribution in [0.3, 0.4) is 0 Å². The van der Waals surface area contributed by atoms with E-state index in [1.165, 1.54) is 6.20 Å². The Morgan fingerprint density at radius 2 is 2.04 bits per heavy atom. The second-order valence-electron chi connectivity index (χ2n) is 6.32. The summed E-state index contributed by atoms with van der Waals surface area (Å²) in [5.41, 5.74) is 1.56. The maximum Gasteiger partial charge on any atom is 0.341 e. The lowest BCUT2D eigenvalue weighted by atomic mass is 9.78. The molecule has 0 radical (unpaired) electrons. The third-order valence-corrected chi connectivity index (χ3v) is 4.65. The lowest BCUT2D eigenvalue weighted by Gasteiger charge is -2.35. The summed E-state index contributed by atoms with van der Waals surface area (Å²) in [5, 5.41) is 16.3. The summed E-state index contributed by atoms with van der Waals surface area (Å²) in [7, 11) is 0. The number of rotatable bonds is 5. The third-order valence-electron chi connectivity index (χ3n) is 4.65. The zero-order valence-corrected chi connectivity index (χ0v) is 14.8. The minimum atomic E-state index is -0.719. The molecule has 0 unspecified atom stereocenters. The first-order valence-corrected chi connectivity index (χ1v) is 8.55. The first-order valence-electron chi connectivity index (χ1n) is 8.55. The van der Waals surface area contributed by atoms with Gasteiger partial charge in [0.2, 0.25) is 0 Å². The highest BCUT2D eigenvalue weighted by atomic mass is 16.5. The Balaban J connectivity index is 1.77. The number of nitrogens with zero attached hydrogens (tertiary/aromatic N) is 3. The molecule has 1 fully saturated rings. The molecule has 26 heavy (non-hydrogen) atoms. The van der Waals surface area contributed by atoms with Crippen LogP contribution in [-0.4, -0.2) is 33.8 Å². The van der Waals surface area contributed by atoms with Crippen molar-refractivity contribution in [2.45, 2.75) is 38.6 Å². The van der Waals surface area contributed by atoms with E-state index >= 15 is 0 Å². The smallest absolute Gasteiger partial charge is 0.341 e. The standard InChI is InChI=1S/C19H20N4O3/c1-3-26-18(25)16-11-21-23(13(16)2)15-7-5-14(6-8-15)17(24)22-19(12-20)9-4-10-19/h5-8,11H,3-4,9-10H2,1-2H3,(H,22,24). The molecule has 0 aliphatic heterocycles. The molecule has 1 aliphatic carbocycles. The molecule has 1 amide bonds. The summed E-state index contributed by atoms with van der Waals surface area (Å²) in [6.45, 7) is 3.84. The molecule has 1 heterocycles. The Labute approximate surface area is 151 Å². The largest absolute Gasteiger partial charge is 0.462 e. The van der Waals surface area contributed by atoms with Crippen LogP contribution in [0.15, 0.2) is 30.5 Å². The number of benzene rings is 1. The quantitative estimate of drug-likeness (QED) is 0.834. The van der Waals surface area contributed by atoms with E-state index in [0.717, 1.165) is 12.1 Å². The Morgan fingerprint density at radius 1 is 1.35 bits per heavy atom. The number of carbonyl (C=O) groups is 2. The number of hydrogen-bond donors (Lipinski definition) is 1. The first-order chi connectivity index (χ1) is 12.5. The Kier molecular flexibility index (Phi) is 4.76. The van der Waals surface area contributed by atoms with Gasteiger partial charge in [0.15, 0.2) is 0 Å². The van der Waals surface area contributed by atoms with Gasteiger partial charge in [-0.2, -0.15) is 10.4 Å². The van der Waals surface area contributed by atoms with Crippen molar-refractivity contribution in [2.24, 2.45) is 0 Å². The van der Waals surface area contributed by atoms with Crippen molar-refractivity contribution < 1.29 is 14.3 Å². The molecule has 1 aliphatic rings. The van der Waals surface area contributed by atoms with Gasteiger partial charge in [-0.3, -0.25) is 4.79 Å². The monoisotopic (exact) mass is 352 g/mol. The fourth-order valence-corrected chi connectivity index (χ4v) is 2.92. The molecule has 1 saturated carbocycles. The van der Waals surface area contributed by atoms with E-state index in [-0.39, 0.29) is 5.91 Å². The van der Waals surface area contributed by atoms with Crippen molar-refractivity contribution in [2.75, 3.05) is 6.61 Å². The summed E-state index contributed by atoms with van der Waals surface area (Å²) in [6, 6.07) is 9.06. The van der Waals surface area contributed by atoms with Gasteiger partial charge in [-0.05, 0) is 57.4 Å². The minimum Gasteiger partial charge on any atom is -0.462 e. The van der Waals surface area contributed by atoms with Gasteiger partial charge in [0.05, 0.1) is 30.3 Å². The number of nitriles is 1. The molecule has 0 spiro atoms. The molecule has 7 nitrogen and oxygen atoms in total. The van der Waals surface area contributed by atoms with Crippen molar-refractivity contribution in [3.05, 3.63) is 47.3 Å². The SMILES string of the molecule is CCOC(=O)c1cnn(-c2ccc(C(=O)NC3(C#N)CCC3)cc2)c1C. The fourth-order valence-electron chi connectivity index (χ4n) is 2.92. The van der Waals surface area contributed by atoms with Crippen molar-refractivity contribution in [1.29, 1.82) is 5.26 Å². The Hall–Kier alpha value is -3.14. The molecule has 0 bridgehead atoms. The van der Waals surface area contributed by atoms with Crippen LogP contribution < -0.4 is 5.32 Å². The van der Waals surface area contributed by atoms with Crippen LogP contribution in [0.1, 0.15) is 52.6 Å². The molecule has 3 rings (SSSR count). The minimum absolute atomic E-state index is 0.262. The molecule has 0 saturated heterocycles. The summed E-state index contributed by atoms with van der Waals surface area (Å²) in [4.78, 5) is 24.2. The van der Waals surface area contributed by atoms with Gasteiger partial charge >= 0.3 is 5.97 Å². The second kappa shape index (κ2) is 7.00. The van der Waals surface area contributed by atoms with Gasteiger partial charge in [0, 0.05) is 5.56 Å². The van der Waals surface area contributed by atoms with Crippen LogP contribution in [0.2, 0.25) is 0 Å². The van der Waals surface area contributed by atoms with Crippen molar-refractivity contribution in [3.63, 3.8) is 0 Å². The fraction of sp³-hybridized carbons (Fsp3) is 0.368. The van der Waals surface area contributed by atoms with E-state index in [0.29, 0.717) is 36.3 Å². The van der Waals surface area contributed by atoms with E-state index in [1.807, 2.05) is 0 Å². The highest BCUT2D eigenvalue weighted by molar-refractivity contribution is 5.95. The molecule has 0 atom stereocenters. The van der Waals surface area contributed by atoms with Crippen LogP contribution in [0.25, 0.3) is 5.69 Å². The average Bonchev–Trinajstić information content (AvgIpc) is 3.00. The molecular formula is C19H20N4O3. The normalized spacial score (nSPS) is 14.8. The lowest BCUT2D eigenvalue weighted by molar-refractivity contribution is 0.0525. The summed E-state index contributed by atoms with van der Waals surface area (Å²) in [5.74, 6) is -0.670. The van der Waals surface area contributed by atoms with E-state index < -0.39 is 11.5 Å². The van der Waals surface area contributed by atoms with Gasteiger partial charge in [0.25, 0.3) is 5.91 Å². The van der Waals surface area contributed by atoms with Crippen LogP contribution in [0, 0.1) is 18.3 Å². The van der Waals surface area contributed by atoms with Crippen molar-refractivity contribution in [3.8, 4) is 11.8 Å². The zero-order valence-electron chi connectivity index (χ0n) is 14.8.